The van der Waals surface area contributed by atoms with Crippen molar-refractivity contribution in [2.45, 2.75) is 54.0 Å². The molecule has 0 heterocycles. The first-order chi connectivity index (χ1) is 8.24. The molecular weight excluding hydrogens is 225 g/mol. The Morgan fingerprint density at radius 3 is 2.06 bits per heavy atom. The lowest BCUT2D eigenvalue weighted by Crippen LogP contribution is -2.27. The van der Waals surface area contributed by atoms with Gasteiger partial charge in [-0.1, -0.05) is 27.7 Å². The molecule has 1 atom stereocenters. The van der Waals surface area contributed by atoms with Crippen molar-refractivity contribution in [3.63, 3.8) is 0 Å². The van der Waals surface area contributed by atoms with Crippen molar-refractivity contribution in [1.29, 1.82) is 0 Å². The van der Waals surface area contributed by atoms with Crippen LogP contribution in [0.15, 0.2) is 12.1 Å². The molecule has 0 aliphatic carbocycles. The summed E-state index contributed by atoms with van der Waals surface area (Å²) in [5.41, 5.74) is 3.60. The molecule has 0 aromatic heterocycles. The van der Waals surface area contributed by atoms with Crippen LogP contribution in [-0.2, 0) is 0 Å². The highest BCUT2D eigenvalue weighted by Gasteiger charge is 2.22. The lowest BCUT2D eigenvalue weighted by atomic mass is 9.83. The van der Waals surface area contributed by atoms with Gasteiger partial charge in [-0.05, 0) is 61.1 Å². The van der Waals surface area contributed by atoms with E-state index >= 15 is 0 Å². The van der Waals surface area contributed by atoms with E-state index in [9.17, 15) is 4.39 Å². The highest BCUT2D eigenvalue weighted by Crippen LogP contribution is 2.33. The molecule has 1 aromatic rings. The lowest BCUT2D eigenvalue weighted by Gasteiger charge is -2.29. The quantitative estimate of drug-likeness (QED) is 0.829. The first-order valence-electron chi connectivity index (χ1n) is 6.74. The number of rotatable bonds is 4. The van der Waals surface area contributed by atoms with Crippen LogP contribution in [0, 0.1) is 25.1 Å². The summed E-state index contributed by atoms with van der Waals surface area (Å²) in [5, 5.41) is 3.53. The van der Waals surface area contributed by atoms with Gasteiger partial charge in [0.2, 0.25) is 0 Å². The SMILES string of the molecule is CCNC(CC(C)(C)C)c1c(C)cc(F)cc1C. The van der Waals surface area contributed by atoms with Gasteiger partial charge in [-0.2, -0.15) is 0 Å². The first kappa shape index (κ1) is 15.2. The molecule has 1 N–H and O–H groups in total. The summed E-state index contributed by atoms with van der Waals surface area (Å²) in [6, 6.07) is 3.57. The third kappa shape index (κ3) is 4.09. The molecule has 1 aromatic carbocycles. The smallest absolute Gasteiger partial charge is 0.123 e. The summed E-state index contributed by atoms with van der Waals surface area (Å²) in [4.78, 5) is 0. The van der Waals surface area contributed by atoms with E-state index in [0.29, 0.717) is 6.04 Å². The molecule has 0 fully saturated rings. The summed E-state index contributed by atoms with van der Waals surface area (Å²) in [5.74, 6) is -0.139. The summed E-state index contributed by atoms with van der Waals surface area (Å²) in [7, 11) is 0. The van der Waals surface area contributed by atoms with Gasteiger partial charge in [0, 0.05) is 6.04 Å². The standard InChI is InChI=1S/C16H26FN/c1-7-18-14(10-16(4,5)6)15-11(2)8-13(17)9-12(15)3/h8-9,14,18H,7,10H2,1-6H3. The molecule has 0 bridgehead atoms. The van der Waals surface area contributed by atoms with Crippen molar-refractivity contribution in [1.82, 2.24) is 5.32 Å². The number of halogens is 1. The van der Waals surface area contributed by atoms with E-state index < -0.39 is 0 Å². The Bertz CT molecular complexity index is 381. The van der Waals surface area contributed by atoms with Gasteiger partial charge in [0.1, 0.15) is 5.82 Å². The maximum atomic E-state index is 13.4. The zero-order valence-electron chi connectivity index (χ0n) is 12.5. The van der Waals surface area contributed by atoms with E-state index in [1.165, 1.54) is 5.56 Å². The first-order valence-corrected chi connectivity index (χ1v) is 6.74. The van der Waals surface area contributed by atoms with E-state index in [2.05, 4.69) is 33.0 Å². The maximum Gasteiger partial charge on any atom is 0.123 e. The van der Waals surface area contributed by atoms with Crippen LogP contribution in [0.4, 0.5) is 4.39 Å². The van der Waals surface area contributed by atoms with Crippen molar-refractivity contribution in [2.24, 2.45) is 5.41 Å². The topological polar surface area (TPSA) is 12.0 Å². The fourth-order valence-electron chi connectivity index (χ4n) is 2.61. The minimum Gasteiger partial charge on any atom is -0.310 e. The van der Waals surface area contributed by atoms with Crippen molar-refractivity contribution in [3.05, 3.63) is 34.6 Å². The third-order valence-electron chi connectivity index (χ3n) is 3.17. The summed E-state index contributed by atoms with van der Waals surface area (Å²) < 4.78 is 13.4. The zero-order valence-corrected chi connectivity index (χ0v) is 12.5. The van der Waals surface area contributed by atoms with Gasteiger partial charge in [-0.25, -0.2) is 4.39 Å². The zero-order chi connectivity index (χ0) is 13.9. The van der Waals surface area contributed by atoms with E-state index in [1.807, 2.05) is 13.8 Å². The van der Waals surface area contributed by atoms with Gasteiger partial charge in [-0.3, -0.25) is 0 Å². The average molecular weight is 251 g/mol. The summed E-state index contributed by atoms with van der Waals surface area (Å²) in [6.07, 6.45) is 1.05. The monoisotopic (exact) mass is 251 g/mol. The van der Waals surface area contributed by atoms with Crippen molar-refractivity contribution >= 4 is 0 Å². The predicted molar refractivity (Wildman–Crippen MR) is 76.4 cm³/mol. The van der Waals surface area contributed by atoms with Crippen LogP contribution < -0.4 is 5.32 Å². The number of hydrogen-bond acceptors (Lipinski definition) is 1. The second-order valence-electron chi connectivity index (χ2n) is 6.33. The Kier molecular flexibility index (Phi) is 4.92. The molecule has 1 unspecified atom stereocenters. The van der Waals surface area contributed by atoms with Crippen LogP contribution in [-0.4, -0.2) is 6.54 Å². The van der Waals surface area contributed by atoms with E-state index in [-0.39, 0.29) is 11.2 Å². The van der Waals surface area contributed by atoms with Crippen molar-refractivity contribution < 1.29 is 4.39 Å². The summed E-state index contributed by atoms with van der Waals surface area (Å²) in [6.45, 7) is 13.8. The minimum atomic E-state index is -0.139. The molecule has 0 spiro atoms. The number of nitrogens with one attached hydrogen (secondary N) is 1. The molecule has 1 nitrogen and oxygen atoms in total. The number of aryl methyl sites for hydroxylation is 2. The Labute approximate surface area is 111 Å². The van der Waals surface area contributed by atoms with Gasteiger partial charge < -0.3 is 5.32 Å². The molecule has 2 heteroatoms. The molecule has 1 rings (SSSR count). The maximum absolute atomic E-state index is 13.4. The van der Waals surface area contributed by atoms with Crippen molar-refractivity contribution in [3.8, 4) is 0 Å². The molecule has 18 heavy (non-hydrogen) atoms. The molecule has 0 saturated carbocycles. The Morgan fingerprint density at radius 2 is 1.67 bits per heavy atom. The van der Waals surface area contributed by atoms with Gasteiger partial charge >= 0.3 is 0 Å². The van der Waals surface area contributed by atoms with E-state index in [4.69, 9.17) is 0 Å². The average Bonchev–Trinajstić information content (AvgIpc) is 2.13. The molecule has 0 aliphatic rings. The molecule has 0 aliphatic heterocycles. The summed E-state index contributed by atoms with van der Waals surface area (Å²) >= 11 is 0. The second-order valence-corrected chi connectivity index (χ2v) is 6.33. The van der Waals surface area contributed by atoms with Gasteiger partial charge in [0.15, 0.2) is 0 Å². The fraction of sp³-hybridized carbons (Fsp3) is 0.625. The minimum absolute atomic E-state index is 0.139. The van der Waals surface area contributed by atoms with Crippen LogP contribution in [0.1, 0.15) is 56.8 Å². The van der Waals surface area contributed by atoms with Crippen LogP contribution in [0.2, 0.25) is 0 Å². The normalized spacial score (nSPS) is 13.7. The molecule has 102 valence electrons. The third-order valence-corrected chi connectivity index (χ3v) is 3.17. The van der Waals surface area contributed by atoms with Gasteiger partial charge in [0.05, 0.1) is 0 Å². The predicted octanol–water partition coefficient (Wildman–Crippen LogP) is 4.53. The highest BCUT2D eigenvalue weighted by molar-refractivity contribution is 5.37. The van der Waals surface area contributed by atoms with E-state index in [1.54, 1.807) is 12.1 Å². The van der Waals surface area contributed by atoms with Crippen LogP contribution >= 0.6 is 0 Å². The second kappa shape index (κ2) is 5.83. The molecule has 0 amide bonds. The fourth-order valence-corrected chi connectivity index (χ4v) is 2.61. The molecule has 0 saturated heterocycles. The number of benzene rings is 1. The van der Waals surface area contributed by atoms with E-state index in [0.717, 1.165) is 24.1 Å². The van der Waals surface area contributed by atoms with Crippen LogP contribution in [0.3, 0.4) is 0 Å². The Balaban J connectivity index is 3.13. The van der Waals surface area contributed by atoms with Gasteiger partial charge in [-0.15, -0.1) is 0 Å². The molecular formula is C16H26FN. The molecule has 0 radical (unpaired) electrons. The van der Waals surface area contributed by atoms with Crippen molar-refractivity contribution in [2.75, 3.05) is 6.54 Å². The number of hydrogen-bond donors (Lipinski definition) is 1. The van der Waals surface area contributed by atoms with Crippen LogP contribution in [0.5, 0.6) is 0 Å². The lowest BCUT2D eigenvalue weighted by molar-refractivity contribution is 0.313. The van der Waals surface area contributed by atoms with Crippen LogP contribution in [0.25, 0.3) is 0 Å². The largest absolute Gasteiger partial charge is 0.310 e. The Morgan fingerprint density at radius 1 is 1.17 bits per heavy atom. The Hall–Kier alpha value is -0.890. The van der Waals surface area contributed by atoms with Gasteiger partial charge in [0.25, 0.3) is 0 Å². The highest BCUT2D eigenvalue weighted by atomic mass is 19.1.